The van der Waals surface area contributed by atoms with E-state index >= 15 is 0 Å². The van der Waals surface area contributed by atoms with E-state index in [9.17, 15) is 5.11 Å². The van der Waals surface area contributed by atoms with Gasteiger partial charge in [0.1, 0.15) is 5.75 Å². The smallest absolute Gasteiger partial charge is 0.138 e. The predicted molar refractivity (Wildman–Crippen MR) is 76.2 cm³/mol. The van der Waals surface area contributed by atoms with Crippen LogP contribution >= 0.6 is 0 Å². The Morgan fingerprint density at radius 2 is 2.00 bits per heavy atom. The first-order valence-electron chi connectivity index (χ1n) is 7.45. The fraction of sp³-hybridized carbons (Fsp3) is 0.688. The van der Waals surface area contributed by atoms with Crippen LogP contribution in [0.4, 0.5) is 0 Å². The fourth-order valence-corrected chi connectivity index (χ4v) is 2.83. The minimum Gasteiger partial charge on any atom is -0.489 e. The molecular weight excluding hydrogens is 238 g/mol. The molecule has 0 spiro atoms. The summed E-state index contributed by atoms with van der Waals surface area (Å²) in [5.74, 6) is 1.41. The van der Waals surface area contributed by atoms with Crippen LogP contribution in [0.5, 0.6) is 5.75 Å². The van der Waals surface area contributed by atoms with Crippen molar-refractivity contribution in [1.29, 1.82) is 0 Å². The Morgan fingerprint density at radius 3 is 2.68 bits per heavy atom. The summed E-state index contributed by atoms with van der Waals surface area (Å²) in [7, 11) is 0. The van der Waals surface area contributed by atoms with Gasteiger partial charge < -0.3 is 9.84 Å². The Kier molecular flexibility index (Phi) is 5.20. The molecule has 1 fully saturated rings. The third kappa shape index (κ3) is 4.50. The van der Waals surface area contributed by atoms with Crippen LogP contribution in [0.3, 0.4) is 0 Å². The highest BCUT2D eigenvalue weighted by Crippen LogP contribution is 2.32. The Balaban J connectivity index is 1.95. The molecule has 3 heteroatoms. The zero-order chi connectivity index (χ0) is 13.7. The summed E-state index contributed by atoms with van der Waals surface area (Å²) in [5.41, 5.74) is 0.878. The second-order valence-corrected chi connectivity index (χ2v) is 5.88. The molecule has 0 aromatic carbocycles. The highest BCUT2D eigenvalue weighted by atomic mass is 16.5. The van der Waals surface area contributed by atoms with Crippen molar-refractivity contribution in [2.24, 2.45) is 5.92 Å². The average molecular weight is 263 g/mol. The van der Waals surface area contributed by atoms with Crippen molar-refractivity contribution in [3.05, 3.63) is 24.0 Å². The molecule has 1 atom stereocenters. The minimum absolute atomic E-state index is 0.132. The molecule has 1 unspecified atom stereocenters. The zero-order valence-corrected chi connectivity index (χ0v) is 12.0. The van der Waals surface area contributed by atoms with E-state index in [4.69, 9.17) is 4.74 Å². The van der Waals surface area contributed by atoms with Crippen molar-refractivity contribution < 1.29 is 9.84 Å². The van der Waals surface area contributed by atoms with Crippen molar-refractivity contribution in [3.8, 4) is 5.75 Å². The van der Waals surface area contributed by atoms with Crippen molar-refractivity contribution in [2.75, 3.05) is 0 Å². The Bertz CT molecular complexity index is 386. The predicted octanol–water partition coefficient (Wildman–Crippen LogP) is 3.87. The van der Waals surface area contributed by atoms with Crippen molar-refractivity contribution in [1.82, 2.24) is 4.98 Å². The second kappa shape index (κ2) is 6.90. The largest absolute Gasteiger partial charge is 0.489 e. The maximum absolute atomic E-state index is 10.3. The molecule has 106 valence electrons. The summed E-state index contributed by atoms with van der Waals surface area (Å²) in [4.78, 5) is 4.17. The molecule has 1 aliphatic rings. The quantitative estimate of drug-likeness (QED) is 0.876. The van der Waals surface area contributed by atoms with E-state index in [-0.39, 0.29) is 6.10 Å². The molecule has 3 nitrogen and oxygen atoms in total. The normalized spacial score (nSPS) is 18.5. The van der Waals surface area contributed by atoms with E-state index in [0.717, 1.165) is 17.7 Å². The molecule has 0 aliphatic heterocycles. The minimum atomic E-state index is -0.411. The molecular formula is C16H25NO2. The van der Waals surface area contributed by atoms with E-state index in [1.54, 1.807) is 12.4 Å². The van der Waals surface area contributed by atoms with E-state index in [0.29, 0.717) is 5.92 Å². The summed E-state index contributed by atoms with van der Waals surface area (Å²) in [6.45, 7) is 3.98. The van der Waals surface area contributed by atoms with Crippen molar-refractivity contribution in [3.63, 3.8) is 0 Å². The number of aliphatic hydroxyl groups excluding tert-OH is 1. The molecule has 0 amide bonds. The van der Waals surface area contributed by atoms with Crippen LogP contribution in [0.15, 0.2) is 18.5 Å². The molecule has 1 aromatic rings. The molecule has 19 heavy (non-hydrogen) atoms. The van der Waals surface area contributed by atoms with Gasteiger partial charge in [0, 0.05) is 11.8 Å². The van der Waals surface area contributed by atoms with Gasteiger partial charge in [0.2, 0.25) is 0 Å². The summed E-state index contributed by atoms with van der Waals surface area (Å²) in [6.07, 6.45) is 10.5. The number of nitrogens with zero attached hydrogens (tertiary/aromatic N) is 1. The molecule has 1 aromatic heterocycles. The van der Waals surface area contributed by atoms with Gasteiger partial charge >= 0.3 is 0 Å². The number of hydrogen-bond acceptors (Lipinski definition) is 3. The van der Waals surface area contributed by atoms with Crippen LogP contribution in [0.1, 0.15) is 64.0 Å². The van der Waals surface area contributed by atoms with Crippen LogP contribution in [0.25, 0.3) is 0 Å². The topological polar surface area (TPSA) is 42.4 Å². The number of rotatable bonds is 5. The van der Waals surface area contributed by atoms with Crippen LogP contribution in [-0.4, -0.2) is 16.2 Å². The van der Waals surface area contributed by atoms with Crippen molar-refractivity contribution in [2.45, 2.75) is 64.6 Å². The third-order valence-corrected chi connectivity index (χ3v) is 3.77. The van der Waals surface area contributed by atoms with Gasteiger partial charge in [-0.3, -0.25) is 4.98 Å². The van der Waals surface area contributed by atoms with E-state index in [1.165, 1.54) is 32.1 Å². The Hall–Kier alpha value is -1.09. The molecule has 1 aliphatic carbocycles. The third-order valence-electron chi connectivity index (χ3n) is 3.77. The van der Waals surface area contributed by atoms with E-state index in [1.807, 2.05) is 19.9 Å². The van der Waals surface area contributed by atoms with Crippen LogP contribution < -0.4 is 4.74 Å². The highest BCUT2D eigenvalue weighted by molar-refractivity contribution is 5.25. The Morgan fingerprint density at radius 1 is 1.26 bits per heavy atom. The van der Waals surface area contributed by atoms with E-state index < -0.39 is 6.10 Å². The van der Waals surface area contributed by atoms with Gasteiger partial charge in [-0.25, -0.2) is 0 Å². The number of aromatic nitrogens is 1. The first kappa shape index (κ1) is 14.3. The maximum atomic E-state index is 10.3. The summed E-state index contributed by atoms with van der Waals surface area (Å²) < 4.78 is 5.62. The lowest BCUT2D eigenvalue weighted by Gasteiger charge is -2.24. The van der Waals surface area contributed by atoms with Crippen LogP contribution in [0.2, 0.25) is 0 Å². The molecule has 2 rings (SSSR count). The van der Waals surface area contributed by atoms with Crippen molar-refractivity contribution >= 4 is 0 Å². The van der Waals surface area contributed by atoms with Gasteiger partial charge in [0.05, 0.1) is 18.4 Å². The standard InChI is InChI=1S/C16H25NO2/c1-12(2)19-15-9-14(10-17-11-15)16(18)8-13-6-4-3-5-7-13/h9-13,16,18H,3-8H2,1-2H3. The van der Waals surface area contributed by atoms with Gasteiger partial charge in [0.25, 0.3) is 0 Å². The summed E-state index contributed by atoms with van der Waals surface area (Å²) >= 11 is 0. The van der Waals surface area contributed by atoms with Gasteiger partial charge in [-0.15, -0.1) is 0 Å². The zero-order valence-electron chi connectivity index (χ0n) is 12.0. The van der Waals surface area contributed by atoms with Gasteiger partial charge in [0.15, 0.2) is 0 Å². The molecule has 1 heterocycles. The lowest BCUT2D eigenvalue weighted by molar-refractivity contribution is 0.130. The number of pyridine rings is 1. The van der Waals surface area contributed by atoms with Gasteiger partial charge in [-0.1, -0.05) is 32.1 Å². The SMILES string of the molecule is CC(C)Oc1cncc(C(O)CC2CCCCC2)c1. The first-order valence-corrected chi connectivity index (χ1v) is 7.45. The maximum Gasteiger partial charge on any atom is 0.138 e. The first-order chi connectivity index (χ1) is 9.15. The van der Waals surface area contributed by atoms with Gasteiger partial charge in [-0.05, 0) is 32.3 Å². The van der Waals surface area contributed by atoms with Crippen LogP contribution in [-0.2, 0) is 0 Å². The van der Waals surface area contributed by atoms with E-state index in [2.05, 4.69) is 4.98 Å². The lowest BCUT2D eigenvalue weighted by Crippen LogP contribution is -2.12. The molecule has 0 bridgehead atoms. The molecule has 1 N–H and O–H groups in total. The van der Waals surface area contributed by atoms with Crippen LogP contribution in [0, 0.1) is 5.92 Å². The monoisotopic (exact) mass is 263 g/mol. The number of aliphatic hydroxyl groups is 1. The lowest BCUT2D eigenvalue weighted by atomic mass is 9.84. The number of ether oxygens (including phenoxy) is 1. The molecule has 0 radical (unpaired) electrons. The second-order valence-electron chi connectivity index (χ2n) is 5.88. The summed E-state index contributed by atoms with van der Waals surface area (Å²) in [6, 6.07) is 1.92. The average Bonchev–Trinajstić information content (AvgIpc) is 2.39. The highest BCUT2D eigenvalue weighted by Gasteiger charge is 2.19. The van der Waals surface area contributed by atoms with Gasteiger partial charge in [-0.2, -0.15) is 0 Å². The molecule has 0 saturated heterocycles. The summed E-state index contributed by atoms with van der Waals surface area (Å²) in [5, 5.41) is 10.3. The fourth-order valence-electron chi connectivity index (χ4n) is 2.83. The molecule has 1 saturated carbocycles. The number of hydrogen-bond donors (Lipinski definition) is 1. The Labute approximate surface area is 116 Å².